The van der Waals surface area contributed by atoms with Gasteiger partial charge >= 0.3 is 5.97 Å². The van der Waals surface area contributed by atoms with Crippen LogP contribution >= 0.6 is 22.9 Å². The number of aryl methyl sites for hydroxylation is 1. The molecule has 148 valence electrons. The highest BCUT2D eigenvalue weighted by atomic mass is 35.5. The number of thiophene rings is 1. The number of aliphatic imine (C=N–C) groups is 1. The molecule has 4 nitrogen and oxygen atoms in total. The second kappa shape index (κ2) is 8.01. The van der Waals surface area contributed by atoms with Crippen LogP contribution in [-0.4, -0.2) is 25.0 Å². The summed E-state index contributed by atoms with van der Waals surface area (Å²) in [5.41, 5.74) is 3.49. The molecule has 2 heterocycles. The standard InChI is InChI=1S/C23H21ClN2O2S/c1-4-26(5-2)16-9-7-15(8-10-16)13-18-23(27)28-22(25-18)21-20(24)17-11-6-14(3)12-19(17)29-21/h6-13H,4-5H2,1-3H3/b18-13-. The summed E-state index contributed by atoms with van der Waals surface area (Å²) in [6.45, 7) is 8.19. The van der Waals surface area contributed by atoms with Crippen molar-refractivity contribution >= 4 is 56.7 Å². The first-order chi connectivity index (χ1) is 14.0. The number of anilines is 1. The van der Waals surface area contributed by atoms with Gasteiger partial charge < -0.3 is 9.64 Å². The summed E-state index contributed by atoms with van der Waals surface area (Å²) in [7, 11) is 0. The van der Waals surface area contributed by atoms with Crippen molar-refractivity contribution in [1.29, 1.82) is 0 Å². The molecule has 0 saturated carbocycles. The molecule has 0 radical (unpaired) electrons. The molecule has 3 aromatic rings. The normalized spacial score (nSPS) is 15.1. The highest BCUT2D eigenvalue weighted by molar-refractivity contribution is 7.21. The molecular formula is C23H21ClN2O2S. The molecular weight excluding hydrogens is 404 g/mol. The fourth-order valence-electron chi connectivity index (χ4n) is 3.34. The number of fused-ring (bicyclic) bond motifs is 1. The summed E-state index contributed by atoms with van der Waals surface area (Å²) in [6, 6.07) is 14.1. The lowest BCUT2D eigenvalue weighted by Gasteiger charge is -2.20. The Bertz CT molecular complexity index is 1140. The first kappa shape index (κ1) is 19.7. The lowest BCUT2D eigenvalue weighted by molar-refractivity contribution is -0.129. The Morgan fingerprint density at radius 2 is 1.86 bits per heavy atom. The Kier molecular flexibility index (Phi) is 5.43. The van der Waals surface area contributed by atoms with Crippen LogP contribution in [-0.2, 0) is 9.53 Å². The molecule has 0 fully saturated rings. The third-order valence-electron chi connectivity index (χ3n) is 4.92. The molecule has 0 aliphatic carbocycles. The molecule has 1 aliphatic rings. The van der Waals surface area contributed by atoms with Gasteiger partial charge in [-0.1, -0.05) is 35.9 Å². The van der Waals surface area contributed by atoms with E-state index in [9.17, 15) is 4.79 Å². The molecule has 6 heteroatoms. The van der Waals surface area contributed by atoms with E-state index in [-0.39, 0.29) is 11.6 Å². The van der Waals surface area contributed by atoms with Crippen LogP contribution < -0.4 is 4.90 Å². The second-order valence-electron chi connectivity index (χ2n) is 6.84. The van der Waals surface area contributed by atoms with Crippen LogP contribution in [0, 0.1) is 6.92 Å². The number of nitrogens with zero attached hydrogens (tertiary/aromatic N) is 2. The molecule has 4 rings (SSSR count). The smallest absolute Gasteiger partial charge is 0.363 e. The van der Waals surface area contributed by atoms with Gasteiger partial charge in [0.05, 0.1) is 5.02 Å². The molecule has 0 bridgehead atoms. The molecule has 0 unspecified atom stereocenters. The predicted octanol–water partition coefficient (Wildman–Crippen LogP) is 6.05. The molecule has 0 atom stereocenters. The van der Waals surface area contributed by atoms with Crippen molar-refractivity contribution in [3.63, 3.8) is 0 Å². The van der Waals surface area contributed by atoms with E-state index in [4.69, 9.17) is 16.3 Å². The Hall–Kier alpha value is -2.63. The van der Waals surface area contributed by atoms with Gasteiger partial charge in [-0.05, 0) is 56.2 Å². The lowest BCUT2D eigenvalue weighted by Crippen LogP contribution is -2.21. The zero-order chi connectivity index (χ0) is 20.5. The molecule has 0 amide bonds. The average molecular weight is 425 g/mol. The Morgan fingerprint density at radius 1 is 1.14 bits per heavy atom. The number of esters is 1. The van der Waals surface area contributed by atoms with Crippen LogP contribution in [0.3, 0.4) is 0 Å². The Labute approximate surface area is 179 Å². The first-order valence-corrected chi connectivity index (χ1v) is 10.8. The third kappa shape index (κ3) is 3.80. The Morgan fingerprint density at radius 3 is 2.55 bits per heavy atom. The molecule has 1 aromatic heterocycles. The summed E-state index contributed by atoms with van der Waals surface area (Å²) in [4.78, 5) is 19.7. The Balaban J connectivity index is 1.65. The van der Waals surface area contributed by atoms with E-state index in [1.54, 1.807) is 6.08 Å². The van der Waals surface area contributed by atoms with Gasteiger partial charge in [-0.25, -0.2) is 9.79 Å². The van der Waals surface area contributed by atoms with Crippen LogP contribution in [0.15, 0.2) is 53.2 Å². The van der Waals surface area contributed by atoms with Crippen LogP contribution in [0.2, 0.25) is 5.02 Å². The minimum Gasteiger partial charge on any atom is -0.401 e. The maximum atomic E-state index is 12.4. The van der Waals surface area contributed by atoms with Crippen LogP contribution in [0.25, 0.3) is 16.2 Å². The quantitative estimate of drug-likeness (QED) is 0.369. The van der Waals surface area contributed by atoms with E-state index in [0.29, 0.717) is 9.90 Å². The number of halogens is 1. The van der Waals surface area contributed by atoms with E-state index in [1.165, 1.54) is 11.3 Å². The van der Waals surface area contributed by atoms with Gasteiger partial charge in [-0.2, -0.15) is 0 Å². The minimum atomic E-state index is -0.461. The number of hydrogen-bond acceptors (Lipinski definition) is 5. The van der Waals surface area contributed by atoms with E-state index in [2.05, 4.69) is 41.9 Å². The SMILES string of the molecule is CCN(CC)c1ccc(/C=C2\N=C(c3sc4cc(C)ccc4c3Cl)OC2=O)cc1. The lowest BCUT2D eigenvalue weighted by atomic mass is 10.1. The van der Waals surface area contributed by atoms with Gasteiger partial charge in [0.25, 0.3) is 0 Å². The molecule has 0 saturated heterocycles. The monoisotopic (exact) mass is 424 g/mol. The third-order valence-corrected chi connectivity index (χ3v) is 6.57. The van der Waals surface area contributed by atoms with Crippen LogP contribution in [0.4, 0.5) is 5.69 Å². The van der Waals surface area contributed by atoms with E-state index in [0.717, 1.165) is 40.0 Å². The molecule has 0 N–H and O–H groups in total. The van der Waals surface area contributed by atoms with Gasteiger partial charge in [0.15, 0.2) is 5.70 Å². The van der Waals surface area contributed by atoms with Crippen LogP contribution in [0.1, 0.15) is 29.9 Å². The maximum Gasteiger partial charge on any atom is 0.363 e. The number of carbonyl (C=O) groups is 1. The van der Waals surface area contributed by atoms with Crippen molar-refractivity contribution in [2.24, 2.45) is 4.99 Å². The fraction of sp³-hybridized carbons (Fsp3) is 0.217. The zero-order valence-electron chi connectivity index (χ0n) is 16.5. The van der Waals surface area contributed by atoms with Crippen LogP contribution in [0.5, 0.6) is 0 Å². The van der Waals surface area contributed by atoms with Gasteiger partial charge in [-0.15, -0.1) is 11.3 Å². The summed E-state index contributed by atoms with van der Waals surface area (Å²) in [5.74, 6) is -0.192. The predicted molar refractivity (Wildman–Crippen MR) is 122 cm³/mol. The maximum absolute atomic E-state index is 12.4. The van der Waals surface area contributed by atoms with Crippen molar-refractivity contribution in [3.8, 4) is 0 Å². The number of carbonyl (C=O) groups excluding carboxylic acids is 1. The molecule has 1 aliphatic heterocycles. The summed E-state index contributed by atoms with van der Waals surface area (Å²) >= 11 is 8.02. The van der Waals surface area contributed by atoms with Gasteiger partial charge in [0, 0.05) is 28.9 Å². The number of ether oxygens (including phenoxy) is 1. The van der Waals surface area contributed by atoms with Gasteiger partial charge in [0.2, 0.25) is 5.90 Å². The van der Waals surface area contributed by atoms with Crippen molar-refractivity contribution in [1.82, 2.24) is 0 Å². The molecule has 29 heavy (non-hydrogen) atoms. The molecule has 0 spiro atoms. The van der Waals surface area contributed by atoms with Crippen molar-refractivity contribution < 1.29 is 9.53 Å². The van der Waals surface area contributed by atoms with Crippen molar-refractivity contribution in [2.75, 3.05) is 18.0 Å². The largest absolute Gasteiger partial charge is 0.401 e. The number of benzene rings is 2. The van der Waals surface area contributed by atoms with Gasteiger partial charge in [-0.3, -0.25) is 0 Å². The van der Waals surface area contributed by atoms with Gasteiger partial charge in [0.1, 0.15) is 4.88 Å². The van der Waals surface area contributed by atoms with E-state index < -0.39 is 5.97 Å². The highest BCUT2D eigenvalue weighted by Gasteiger charge is 2.28. The number of hydrogen-bond donors (Lipinski definition) is 0. The summed E-state index contributed by atoms with van der Waals surface area (Å²) in [6.07, 6.45) is 1.74. The minimum absolute atomic E-state index is 0.268. The zero-order valence-corrected chi connectivity index (χ0v) is 18.1. The van der Waals surface area contributed by atoms with Crippen molar-refractivity contribution in [2.45, 2.75) is 20.8 Å². The highest BCUT2D eigenvalue weighted by Crippen LogP contribution is 2.38. The van der Waals surface area contributed by atoms with E-state index >= 15 is 0 Å². The topological polar surface area (TPSA) is 41.9 Å². The summed E-state index contributed by atoms with van der Waals surface area (Å²) < 4.78 is 6.48. The van der Waals surface area contributed by atoms with Crippen molar-refractivity contribution in [3.05, 3.63) is 69.2 Å². The molecule has 2 aromatic carbocycles. The van der Waals surface area contributed by atoms with E-state index in [1.807, 2.05) is 31.2 Å². The number of cyclic esters (lactones) is 1. The fourth-order valence-corrected chi connectivity index (χ4v) is 4.88. The first-order valence-electron chi connectivity index (χ1n) is 9.56. The second-order valence-corrected chi connectivity index (χ2v) is 8.27. The summed E-state index contributed by atoms with van der Waals surface area (Å²) in [5, 5.41) is 1.52. The average Bonchev–Trinajstić information content (AvgIpc) is 3.23. The number of rotatable bonds is 5.